The molecule has 0 N–H and O–H groups in total. The number of aromatic nitrogens is 3. The van der Waals surface area contributed by atoms with E-state index in [-0.39, 0.29) is 5.91 Å². The van der Waals surface area contributed by atoms with Crippen molar-refractivity contribution >= 4 is 5.91 Å². The van der Waals surface area contributed by atoms with Crippen molar-refractivity contribution in [3.05, 3.63) is 67.0 Å². The largest absolute Gasteiger partial charge is 0.338 e. The Morgan fingerprint density at radius 2 is 1.96 bits per heavy atom. The highest BCUT2D eigenvalue weighted by Gasteiger charge is 2.23. The molecule has 25 heavy (non-hydrogen) atoms. The average Bonchev–Trinajstić information content (AvgIpc) is 3.34. The van der Waals surface area contributed by atoms with Gasteiger partial charge in [-0.3, -0.25) is 4.79 Å². The number of rotatable bonds is 3. The van der Waals surface area contributed by atoms with Gasteiger partial charge in [0.1, 0.15) is 0 Å². The summed E-state index contributed by atoms with van der Waals surface area (Å²) in [6.45, 7) is 3.92. The highest BCUT2D eigenvalue weighted by Crippen LogP contribution is 2.24. The number of amides is 1. The number of benzene rings is 1. The minimum atomic E-state index is 0.122. The topological polar surface area (TPSA) is 43.1 Å². The van der Waals surface area contributed by atoms with Crippen LogP contribution >= 0.6 is 0 Å². The number of imidazole rings is 1. The number of carbonyl (C=O) groups excluding carboxylic acids is 1. The lowest BCUT2D eigenvalue weighted by Crippen LogP contribution is -2.39. The molecule has 1 amide bonds. The third kappa shape index (κ3) is 3.09. The zero-order valence-electron chi connectivity index (χ0n) is 14.4. The summed E-state index contributed by atoms with van der Waals surface area (Å²) in [4.78, 5) is 19.1. The number of nitrogens with zero attached hydrogens (tertiary/aromatic N) is 4. The summed E-state index contributed by atoms with van der Waals surface area (Å²) in [5, 5.41) is 0. The third-order valence-corrected chi connectivity index (χ3v) is 4.83. The molecule has 1 aromatic carbocycles. The van der Waals surface area contributed by atoms with Crippen LogP contribution in [0.15, 0.2) is 61.4 Å². The first-order chi connectivity index (χ1) is 12.2. The SMILES string of the molecule is C[C@H]1CCCN(C(=O)c2ccc(-n3ccnc3)c(-n3cccc3)c2)C1. The fraction of sp³-hybridized carbons (Fsp3) is 0.300. The molecule has 5 heteroatoms. The van der Waals surface area contributed by atoms with E-state index >= 15 is 0 Å². The molecule has 0 saturated carbocycles. The van der Waals surface area contributed by atoms with Gasteiger partial charge in [0.2, 0.25) is 0 Å². The van der Waals surface area contributed by atoms with Gasteiger partial charge in [-0.05, 0) is 49.1 Å². The molecule has 1 aliphatic rings. The summed E-state index contributed by atoms with van der Waals surface area (Å²) < 4.78 is 4.00. The maximum Gasteiger partial charge on any atom is 0.253 e. The molecule has 0 radical (unpaired) electrons. The predicted molar refractivity (Wildman–Crippen MR) is 97.2 cm³/mol. The Morgan fingerprint density at radius 1 is 1.12 bits per heavy atom. The van der Waals surface area contributed by atoms with E-state index in [1.807, 2.05) is 63.0 Å². The van der Waals surface area contributed by atoms with Crippen LogP contribution in [0.25, 0.3) is 11.4 Å². The summed E-state index contributed by atoms with van der Waals surface area (Å²) in [6.07, 6.45) is 11.7. The molecule has 3 heterocycles. The molecule has 4 rings (SSSR count). The smallest absolute Gasteiger partial charge is 0.253 e. The Kier molecular flexibility index (Phi) is 4.14. The van der Waals surface area contributed by atoms with Crippen LogP contribution in [0.1, 0.15) is 30.1 Å². The van der Waals surface area contributed by atoms with Gasteiger partial charge in [-0.25, -0.2) is 4.98 Å². The lowest BCUT2D eigenvalue weighted by Gasteiger charge is -2.31. The Hall–Kier alpha value is -2.82. The second-order valence-corrected chi connectivity index (χ2v) is 6.76. The fourth-order valence-electron chi connectivity index (χ4n) is 3.53. The number of hydrogen-bond acceptors (Lipinski definition) is 2. The molecule has 0 spiro atoms. The first-order valence-corrected chi connectivity index (χ1v) is 8.77. The molecule has 0 unspecified atom stereocenters. The highest BCUT2D eigenvalue weighted by atomic mass is 16.2. The Bertz CT molecular complexity index is 852. The lowest BCUT2D eigenvalue weighted by molar-refractivity contribution is 0.0683. The zero-order valence-corrected chi connectivity index (χ0v) is 14.4. The summed E-state index contributed by atoms with van der Waals surface area (Å²) in [6, 6.07) is 9.87. The van der Waals surface area contributed by atoms with E-state index < -0.39 is 0 Å². The van der Waals surface area contributed by atoms with Gasteiger partial charge >= 0.3 is 0 Å². The molecule has 5 nitrogen and oxygen atoms in total. The maximum atomic E-state index is 13.0. The second-order valence-electron chi connectivity index (χ2n) is 6.76. The highest BCUT2D eigenvalue weighted by molar-refractivity contribution is 5.95. The summed E-state index contributed by atoms with van der Waals surface area (Å²) >= 11 is 0. The van der Waals surface area contributed by atoms with E-state index in [0.717, 1.165) is 36.4 Å². The van der Waals surface area contributed by atoms with Crippen molar-refractivity contribution in [2.75, 3.05) is 13.1 Å². The number of likely N-dealkylation sites (tertiary alicyclic amines) is 1. The summed E-state index contributed by atoms with van der Waals surface area (Å²) in [5.74, 6) is 0.698. The average molecular weight is 334 g/mol. The van der Waals surface area contributed by atoms with E-state index in [2.05, 4.69) is 11.9 Å². The quantitative estimate of drug-likeness (QED) is 0.735. The van der Waals surface area contributed by atoms with Crippen molar-refractivity contribution in [2.45, 2.75) is 19.8 Å². The minimum absolute atomic E-state index is 0.122. The van der Waals surface area contributed by atoms with E-state index in [9.17, 15) is 4.79 Å². The van der Waals surface area contributed by atoms with Gasteiger partial charge in [0.15, 0.2) is 0 Å². The van der Waals surface area contributed by atoms with Crippen LogP contribution in [0.3, 0.4) is 0 Å². The lowest BCUT2D eigenvalue weighted by atomic mass is 9.99. The molecule has 0 aliphatic carbocycles. The molecule has 2 aromatic heterocycles. The van der Waals surface area contributed by atoms with Crippen molar-refractivity contribution in [1.29, 1.82) is 0 Å². The van der Waals surface area contributed by atoms with Gasteiger partial charge in [0.05, 0.1) is 17.7 Å². The van der Waals surface area contributed by atoms with Crippen molar-refractivity contribution in [3.63, 3.8) is 0 Å². The van der Waals surface area contributed by atoms with Crippen molar-refractivity contribution in [2.24, 2.45) is 5.92 Å². The van der Waals surface area contributed by atoms with E-state index in [1.165, 1.54) is 6.42 Å². The molecular weight excluding hydrogens is 312 g/mol. The minimum Gasteiger partial charge on any atom is -0.338 e. The van der Waals surface area contributed by atoms with Crippen LogP contribution in [0.5, 0.6) is 0 Å². The second kappa shape index (κ2) is 6.59. The Labute approximate surface area is 147 Å². The standard InChI is InChI=1S/C20H22N4O/c1-16-5-4-11-23(14-16)20(25)17-6-7-18(24-12-8-21-15-24)19(13-17)22-9-2-3-10-22/h2-3,6-10,12-13,15-16H,4-5,11,14H2,1H3/t16-/m0/s1. The van der Waals surface area contributed by atoms with Gasteiger partial charge in [0, 0.05) is 43.4 Å². The molecule has 1 aliphatic heterocycles. The van der Waals surface area contributed by atoms with Crippen LogP contribution in [0.2, 0.25) is 0 Å². The van der Waals surface area contributed by atoms with Crippen LogP contribution in [0.4, 0.5) is 0 Å². The molecular formula is C20H22N4O. The van der Waals surface area contributed by atoms with Crippen LogP contribution < -0.4 is 0 Å². The van der Waals surface area contributed by atoms with Gasteiger partial charge < -0.3 is 14.0 Å². The van der Waals surface area contributed by atoms with E-state index in [1.54, 1.807) is 12.5 Å². The van der Waals surface area contributed by atoms with Gasteiger partial charge in [-0.1, -0.05) is 6.92 Å². The molecule has 0 bridgehead atoms. The molecule has 3 aromatic rings. The van der Waals surface area contributed by atoms with Crippen LogP contribution in [-0.2, 0) is 0 Å². The number of carbonyl (C=O) groups is 1. The first kappa shape index (κ1) is 15.7. The van der Waals surface area contributed by atoms with Crippen LogP contribution in [0, 0.1) is 5.92 Å². The van der Waals surface area contributed by atoms with Gasteiger partial charge in [-0.2, -0.15) is 0 Å². The maximum absolute atomic E-state index is 13.0. The van der Waals surface area contributed by atoms with Crippen LogP contribution in [-0.4, -0.2) is 38.0 Å². The monoisotopic (exact) mass is 334 g/mol. The van der Waals surface area contributed by atoms with Crippen molar-refractivity contribution in [1.82, 2.24) is 19.0 Å². The zero-order chi connectivity index (χ0) is 17.2. The van der Waals surface area contributed by atoms with E-state index in [0.29, 0.717) is 5.92 Å². The molecule has 1 saturated heterocycles. The summed E-state index contributed by atoms with van der Waals surface area (Å²) in [5.41, 5.74) is 2.71. The Balaban J connectivity index is 1.73. The molecule has 128 valence electrons. The molecule has 1 atom stereocenters. The Morgan fingerprint density at radius 3 is 2.68 bits per heavy atom. The van der Waals surface area contributed by atoms with Crippen molar-refractivity contribution < 1.29 is 4.79 Å². The van der Waals surface area contributed by atoms with Gasteiger partial charge in [0.25, 0.3) is 5.91 Å². The fourth-order valence-corrected chi connectivity index (χ4v) is 3.53. The number of piperidine rings is 1. The third-order valence-electron chi connectivity index (χ3n) is 4.83. The normalized spacial score (nSPS) is 17.6. The van der Waals surface area contributed by atoms with E-state index in [4.69, 9.17) is 0 Å². The van der Waals surface area contributed by atoms with Crippen molar-refractivity contribution in [3.8, 4) is 11.4 Å². The molecule has 1 fully saturated rings. The van der Waals surface area contributed by atoms with Gasteiger partial charge in [-0.15, -0.1) is 0 Å². The first-order valence-electron chi connectivity index (χ1n) is 8.77. The predicted octanol–water partition coefficient (Wildman–Crippen LogP) is 3.54. The number of hydrogen-bond donors (Lipinski definition) is 0. The summed E-state index contributed by atoms with van der Waals surface area (Å²) in [7, 11) is 0.